The third-order valence-corrected chi connectivity index (χ3v) is 4.19. The fourth-order valence-corrected chi connectivity index (χ4v) is 2.86. The van der Waals surface area contributed by atoms with E-state index in [-0.39, 0.29) is 11.9 Å². The maximum Gasteiger partial charge on any atom is 0.237 e. The van der Waals surface area contributed by atoms with Crippen molar-refractivity contribution >= 4 is 5.91 Å². The summed E-state index contributed by atoms with van der Waals surface area (Å²) in [6.07, 6.45) is 4.33. The second-order valence-corrected chi connectivity index (χ2v) is 5.70. The van der Waals surface area contributed by atoms with Gasteiger partial charge in [-0.1, -0.05) is 12.5 Å². The molecule has 1 aromatic carbocycles. The molecule has 1 aliphatic carbocycles. The Labute approximate surface area is 116 Å². The summed E-state index contributed by atoms with van der Waals surface area (Å²) in [5, 5.41) is 6.13. The lowest BCUT2D eigenvalue weighted by atomic mass is 10.0. The van der Waals surface area contributed by atoms with Crippen LogP contribution in [0.15, 0.2) is 18.2 Å². The molecule has 1 saturated heterocycles. The predicted octanol–water partition coefficient (Wildman–Crippen LogP) is 2.21. The number of hydrogen-bond donors (Lipinski definition) is 2. The van der Waals surface area contributed by atoms with Gasteiger partial charge in [0, 0.05) is 11.6 Å². The quantitative estimate of drug-likeness (QED) is 0.891. The van der Waals surface area contributed by atoms with E-state index in [1.54, 1.807) is 0 Å². The van der Waals surface area contributed by atoms with Crippen LogP contribution in [0.3, 0.4) is 0 Å². The topological polar surface area (TPSA) is 41.1 Å². The zero-order chi connectivity index (χ0) is 14.2. The van der Waals surface area contributed by atoms with Crippen LogP contribution in [-0.4, -0.2) is 18.5 Å². The molecular formula is C15H18F2N2O. The van der Waals surface area contributed by atoms with Crippen LogP contribution in [-0.2, 0) is 10.3 Å². The van der Waals surface area contributed by atoms with Crippen LogP contribution in [0.5, 0.6) is 0 Å². The number of rotatable bonds is 3. The maximum atomic E-state index is 13.9. The van der Waals surface area contributed by atoms with E-state index in [4.69, 9.17) is 0 Å². The molecule has 2 aliphatic rings. The van der Waals surface area contributed by atoms with Gasteiger partial charge in [-0.2, -0.15) is 0 Å². The SMILES string of the molecule is O=C(NC1(c2ccc(F)cc2F)CC1)C1CCCCN1. The number of carbonyl (C=O) groups is 1. The van der Waals surface area contributed by atoms with Crippen LogP contribution >= 0.6 is 0 Å². The van der Waals surface area contributed by atoms with Gasteiger partial charge < -0.3 is 10.6 Å². The summed E-state index contributed by atoms with van der Waals surface area (Å²) >= 11 is 0. The first-order valence-electron chi connectivity index (χ1n) is 7.12. The number of benzene rings is 1. The van der Waals surface area contributed by atoms with E-state index in [0.29, 0.717) is 18.4 Å². The highest BCUT2D eigenvalue weighted by molar-refractivity contribution is 5.83. The lowest BCUT2D eigenvalue weighted by Crippen LogP contribution is -2.49. The molecule has 1 heterocycles. The molecule has 0 spiro atoms. The van der Waals surface area contributed by atoms with E-state index < -0.39 is 17.2 Å². The minimum Gasteiger partial charge on any atom is -0.345 e. The molecule has 0 aromatic heterocycles. The minimum atomic E-state index is -0.631. The van der Waals surface area contributed by atoms with Crippen LogP contribution in [0.25, 0.3) is 0 Å². The van der Waals surface area contributed by atoms with Crippen molar-refractivity contribution < 1.29 is 13.6 Å². The Morgan fingerprint density at radius 1 is 1.30 bits per heavy atom. The van der Waals surface area contributed by atoms with Crippen molar-refractivity contribution in [2.75, 3.05) is 6.54 Å². The second-order valence-electron chi connectivity index (χ2n) is 5.70. The van der Waals surface area contributed by atoms with Crippen molar-refractivity contribution in [2.45, 2.75) is 43.7 Å². The molecule has 2 fully saturated rings. The van der Waals surface area contributed by atoms with E-state index in [0.717, 1.165) is 31.9 Å². The molecule has 3 rings (SSSR count). The highest BCUT2D eigenvalue weighted by atomic mass is 19.1. The van der Waals surface area contributed by atoms with Crippen LogP contribution in [0.1, 0.15) is 37.7 Å². The Morgan fingerprint density at radius 3 is 2.70 bits per heavy atom. The van der Waals surface area contributed by atoms with E-state index in [1.807, 2.05) is 0 Å². The van der Waals surface area contributed by atoms with Crippen LogP contribution in [0, 0.1) is 11.6 Å². The van der Waals surface area contributed by atoms with Crippen LogP contribution in [0.2, 0.25) is 0 Å². The molecule has 1 aromatic rings. The van der Waals surface area contributed by atoms with Crippen molar-refractivity contribution in [3.05, 3.63) is 35.4 Å². The minimum absolute atomic E-state index is 0.0778. The standard InChI is InChI=1S/C15H18F2N2O/c16-10-4-5-11(12(17)9-10)15(6-7-15)19-14(20)13-3-1-2-8-18-13/h4-5,9,13,18H,1-3,6-8H2,(H,19,20). The summed E-state index contributed by atoms with van der Waals surface area (Å²) in [5.74, 6) is -1.26. The molecule has 3 nitrogen and oxygen atoms in total. The van der Waals surface area contributed by atoms with Gasteiger partial charge in [-0.15, -0.1) is 0 Å². The largest absolute Gasteiger partial charge is 0.345 e. The monoisotopic (exact) mass is 280 g/mol. The fourth-order valence-electron chi connectivity index (χ4n) is 2.86. The van der Waals surface area contributed by atoms with Crippen molar-refractivity contribution in [3.8, 4) is 0 Å². The third-order valence-electron chi connectivity index (χ3n) is 4.19. The fraction of sp³-hybridized carbons (Fsp3) is 0.533. The Hall–Kier alpha value is -1.49. The summed E-state index contributed by atoms with van der Waals surface area (Å²) < 4.78 is 26.8. The summed E-state index contributed by atoms with van der Waals surface area (Å²) in [6, 6.07) is 3.36. The van der Waals surface area contributed by atoms with Gasteiger partial charge in [0.25, 0.3) is 0 Å². The van der Waals surface area contributed by atoms with Crippen molar-refractivity contribution in [1.29, 1.82) is 0 Å². The first-order valence-corrected chi connectivity index (χ1v) is 7.12. The number of amides is 1. The molecule has 2 N–H and O–H groups in total. The predicted molar refractivity (Wildman–Crippen MR) is 71.1 cm³/mol. The highest BCUT2D eigenvalue weighted by Crippen LogP contribution is 2.46. The van der Waals surface area contributed by atoms with Crippen molar-refractivity contribution in [3.63, 3.8) is 0 Å². The zero-order valence-corrected chi connectivity index (χ0v) is 11.2. The number of carbonyl (C=O) groups excluding carboxylic acids is 1. The van der Waals surface area contributed by atoms with Gasteiger partial charge in [-0.25, -0.2) is 8.78 Å². The second kappa shape index (κ2) is 5.13. The van der Waals surface area contributed by atoms with Crippen LogP contribution < -0.4 is 10.6 Å². The average Bonchev–Trinajstić information content (AvgIpc) is 3.20. The molecular weight excluding hydrogens is 262 g/mol. The molecule has 5 heteroatoms. The third kappa shape index (κ3) is 2.54. The Balaban J connectivity index is 1.74. The highest BCUT2D eigenvalue weighted by Gasteiger charge is 2.48. The summed E-state index contributed by atoms with van der Waals surface area (Å²) in [5.41, 5.74) is -0.239. The van der Waals surface area contributed by atoms with Gasteiger partial charge in [-0.05, 0) is 38.3 Å². The zero-order valence-electron chi connectivity index (χ0n) is 11.2. The lowest BCUT2D eigenvalue weighted by Gasteiger charge is -2.26. The Kier molecular flexibility index (Phi) is 3.46. The number of hydrogen-bond acceptors (Lipinski definition) is 2. The van der Waals surface area contributed by atoms with E-state index in [2.05, 4.69) is 10.6 Å². The maximum absolute atomic E-state index is 13.9. The van der Waals surface area contributed by atoms with Gasteiger partial charge >= 0.3 is 0 Å². The smallest absolute Gasteiger partial charge is 0.237 e. The molecule has 1 unspecified atom stereocenters. The number of halogens is 2. The Morgan fingerprint density at radius 2 is 2.10 bits per heavy atom. The molecule has 0 radical (unpaired) electrons. The first-order chi connectivity index (χ1) is 9.61. The molecule has 1 aliphatic heterocycles. The van der Waals surface area contributed by atoms with E-state index in [9.17, 15) is 13.6 Å². The summed E-state index contributed by atoms with van der Waals surface area (Å²) in [7, 11) is 0. The molecule has 1 atom stereocenters. The normalized spacial score (nSPS) is 24.2. The Bertz CT molecular complexity index is 523. The molecule has 108 valence electrons. The van der Waals surface area contributed by atoms with Crippen molar-refractivity contribution in [2.24, 2.45) is 0 Å². The van der Waals surface area contributed by atoms with Crippen LogP contribution in [0.4, 0.5) is 8.78 Å². The van der Waals surface area contributed by atoms with Gasteiger partial charge in [0.15, 0.2) is 0 Å². The molecule has 0 bridgehead atoms. The molecule has 1 saturated carbocycles. The molecule has 20 heavy (non-hydrogen) atoms. The molecule has 1 amide bonds. The summed E-state index contributed by atoms with van der Waals surface area (Å²) in [6.45, 7) is 0.843. The first kappa shape index (κ1) is 13.5. The lowest BCUT2D eigenvalue weighted by molar-refractivity contribution is -0.124. The van der Waals surface area contributed by atoms with Gasteiger partial charge in [0.1, 0.15) is 11.6 Å². The van der Waals surface area contributed by atoms with Gasteiger partial charge in [-0.3, -0.25) is 4.79 Å². The average molecular weight is 280 g/mol. The van der Waals surface area contributed by atoms with E-state index >= 15 is 0 Å². The van der Waals surface area contributed by atoms with Gasteiger partial charge in [0.2, 0.25) is 5.91 Å². The number of nitrogens with one attached hydrogen (secondary N) is 2. The van der Waals surface area contributed by atoms with E-state index in [1.165, 1.54) is 12.1 Å². The van der Waals surface area contributed by atoms with Crippen molar-refractivity contribution in [1.82, 2.24) is 10.6 Å². The van der Waals surface area contributed by atoms with Gasteiger partial charge in [0.05, 0.1) is 11.6 Å². The number of piperidine rings is 1. The summed E-state index contributed by atoms with van der Waals surface area (Å²) in [4.78, 5) is 12.2.